The molecule has 1 aromatic carbocycles. The molecule has 0 aliphatic heterocycles. The molecule has 2 aromatic heterocycles. The number of amides is 1. The minimum Gasteiger partial charge on any atom is -0.477 e. The third-order valence-corrected chi connectivity index (χ3v) is 5.06. The number of halogens is 1. The van der Waals surface area contributed by atoms with Crippen molar-refractivity contribution >= 4 is 44.7 Å². The van der Waals surface area contributed by atoms with Crippen LogP contribution in [-0.2, 0) is 0 Å². The number of benzene rings is 1. The number of thiophene rings is 1. The third kappa shape index (κ3) is 3.07. The van der Waals surface area contributed by atoms with E-state index >= 15 is 0 Å². The minimum absolute atomic E-state index is 0.191. The Morgan fingerprint density at radius 3 is 2.88 bits per heavy atom. The van der Waals surface area contributed by atoms with Crippen LogP contribution in [0, 0.1) is 13.8 Å². The highest BCUT2D eigenvalue weighted by atomic mass is 35.5. The molecule has 0 unspecified atom stereocenters. The van der Waals surface area contributed by atoms with Gasteiger partial charge in [-0.3, -0.25) is 4.79 Å². The number of carbonyl (C=O) groups is 1. The average molecular weight is 362 g/mol. The minimum atomic E-state index is -0.191. The van der Waals surface area contributed by atoms with Crippen LogP contribution in [-0.4, -0.2) is 22.5 Å². The summed E-state index contributed by atoms with van der Waals surface area (Å²) in [6.07, 6.45) is 1.45. The maximum absolute atomic E-state index is 12.7. The molecule has 5 nitrogen and oxygen atoms in total. The first-order valence-corrected chi connectivity index (χ1v) is 8.65. The zero-order chi connectivity index (χ0) is 17.3. The predicted molar refractivity (Wildman–Crippen MR) is 97.5 cm³/mol. The van der Waals surface area contributed by atoms with Crippen molar-refractivity contribution in [3.63, 3.8) is 0 Å². The fourth-order valence-electron chi connectivity index (χ4n) is 2.41. The quantitative estimate of drug-likeness (QED) is 0.736. The SMILES string of the molecule is CCOc1ncnc2sc(C(=O)Nc3cc(Cl)ccc3C)c(C)c12. The summed E-state index contributed by atoms with van der Waals surface area (Å²) < 4.78 is 5.55. The zero-order valence-electron chi connectivity index (χ0n) is 13.5. The van der Waals surface area contributed by atoms with Gasteiger partial charge in [0, 0.05) is 10.7 Å². The van der Waals surface area contributed by atoms with Crippen molar-refractivity contribution in [3.8, 4) is 5.88 Å². The van der Waals surface area contributed by atoms with Gasteiger partial charge < -0.3 is 10.1 Å². The van der Waals surface area contributed by atoms with Crippen molar-refractivity contribution in [2.24, 2.45) is 0 Å². The lowest BCUT2D eigenvalue weighted by molar-refractivity contribution is 0.103. The summed E-state index contributed by atoms with van der Waals surface area (Å²) in [5.74, 6) is 0.317. The molecule has 3 rings (SSSR count). The van der Waals surface area contributed by atoms with Gasteiger partial charge in [-0.25, -0.2) is 9.97 Å². The molecule has 0 spiro atoms. The molecule has 0 aliphatic carbocycles. The first-order chi connectivity index (χ1) is 11.5. The van der Waals surface area contributed by atoms with Crippen LogP contribution in [0.2, 0.25) is 5.02 Å². The highest BCUT2D eigenvalue weighted by Gasteiger charge is 2.20. The van der Waals surface area contributed by atoms with E-state index in [1.54, 1.807) is 12.1 Å². The summed E-state index contributed by atoms with van der Waals surface area (Å²) in [4.78, 5) is 22.4. The lowest BCUT2D eigenvalue weighted by Gasteiger charge is -2.08. The lowest BCUT2D eigenvalue weighted by atomic mass is 10.1. The van der Waals surface area contributed by atoms with Gasteiger partial charge in [-0.15, -0.1) is 11.3 Å². The predicted octanol–water partition coefficient (Wildman–Crippen LogP) is 4.61. The third-order valence-electron chi connectivity index (χ3n) is 3.63. The molecule has 0 bridgehead atoms. The number of aromatic nitrogens is 2. The van der Waals surface area contributed by atoms with Crippen LogP contribution >= 0.6 is 22.9 Å². The van der Waals surface area contributed by atoms with E-state index in [-0.39, 0.29) is 5.91 Å². The van der Waals surface area contributed by atoms with Crippen molar-refractivity contribution in [1.29, 1.82) is 0 Å². The number of rotatable bonds is 4. The summed E-state index contributed by atoms with van der Waals surface area (Å²) in [7, 11) is 0. The molecular formula is C17H16ClN3O2S. The van der Waals surface area contributed by atoms with E-state index in [0.29, 0.717) is 28.1 Å². The standard InChI is InChI=1S/C17H16ClN3O2S/c1-4-23-16-13-10(3)14(24-17(13)20-8-19-16)15(22)21-12-7-11(18)6-5-9(12)2/h5-8H,4H2,1-3H3,(H,21,22). The first-order valence-electron chi connectivity index (χ1n) is 7.45. The van der Waals surface area contributed by atoms with Crippen LogP contribution in [0.1, 0.15) is 27.7 Å². The normalized spacial score (nSPS) is 10.8. The van der Waals surface area contributed by atoms with E-state index in [9.17, 15) is 4.79 Å². The monoisotopic (exact) mass is 361 g/mol. The molecule has 7 heteroatoms. The number of nitrogens with one attached hydrogen (secondary N) is 1. The Kier molecular flexibility index (Phi) is 4.69. The summed E-state index contributed by atoms with van der Waals surface area (Å²) >= 11 is 7.34. The Morgan fingerprint density at radius 1 is 1.33 bits per heavy atom. The number of hydrogen-bond donors (Lipinski definition) is 1. The summed E-state index contributed by atoms with van der Waals surface area (Å²) in [5.41, 5.74) is 2.46. The number of fused-ring (bicyclic) bond motifs is 1. The van der Waals surface area contributed by atoms with Gasteiger partial charge in [0.15, 0.2) is 0 Å². The van der Waals surface area contributed by atoms with E-state index in [1.165, 1.54) is 17.7 Å². The van der Waals surface area contributed by atoms with Gasteiger partial charge >= 0.3 is 0 Å². The van der Waals surface area contributed by atoms with Crippen molar-refractivity contribution in [2.75, 3.05) is 11.9 Å². The Balaban J connectivity index is 2.00. The van der Waals surface area contributed by atoms with Gasteiger partial charge in [-0.1, -0.05) is 17.7 Å². The number of anilines is 1. The Bertz CT molecular complexity index is 924. The van der Waals surface area contributed by atoms with E-state index in [4.69, 9.17) is 16.3 Å². The molecule has 0 atom stereocenters. The summed E-state index contributed by atoms with van der Waals surface area (Å²) in [6, 6.07) is 5.40. The number of aryl methyl sites for hydroxylation is 2. The highest BCUT2D eigenvalue weighted by Crippen LogP contribution is 2.35. The molecule has 0 radical (unpaired) electrons. The fourth-order valence-corrected chi connectivity index (χ4v) is 3.62. The van der Waals surface area contributed by atoms with Crippen LogP contribution in [0.3, 0.4) is 0 Å². The summed E-state index contributed by atoms with van der Waals surface area (Å²) in [5, 5.41) is 4.29. The number of nitrogens with zero attached hydrogens (tertiary/aromatic N) is 2. The second kappa shape index (κ2) is 6.75. The molecule has 0 aliphatic rings. The van der Waals surface area contributed by atoms with E-state index in [1.807, 2.05) is 26.8 Å². The molecule has 24 heavy (non-hydrogen) atoms. The maximum atomic E-state index is 12.7. The molecule has 0 saturated heterocycles. The molecule has 1 N–H and O–H groups in total. The molecule has 1 amide bonds. The molecule has 3 aromatic rings. The van der Waals surface area contributed by atoms with Gasteiger partial charge in [-0.2, -0.15) is 0 Å². The van der Waals surface area contributed by atoms with Crippen molar-refractivity contribution < 1.29 is 9.53 Å². The molecule has 0 saturated carbocycles. The van der Waals surface area contributed by atoms with Crippen molar-refractivity contribution in [1.82, 2.24) is 9.97 Å². The van der Waals surface area contributed by atoms with Crippen LogP contribution in [0.25, 0.3) is 10.2 Å². The second-order valence-electron chi connectivity index (χ2n) is 5.26. The van der Waals surface area contributed by atoms with E-state index in [2.05, 4.69) is 15.3 Å². The Morgan fingerprint density at radius 2 is 2.12 bits per heavy atom. The Hall–Kier alpha value is -2.18. The van der Waals surface area contributed by atoms with E-state index < -0.39 is 0 Å². The maximum Gasteiger partial charge on any atom is 0.266 e. The number of hydrogen-bond acceptors (Lipinski definition) is 5. The van der Waals surface area contributed by atoms with Crippen LogP contribution < -0.4 is 10.1 Å². The molecule has 0 fully saturated rings. The van der Waals surface area contributed by atoms with Gasteiger partial charge in [0.05, 0.1) is 16.9 Å². The topological polar surface area (TPSA) is 64.1 Å². The zero-order valence-corrected chi connectivity index (χ0v) is 15.1. The second-order valence-corrected chi connectivity index (χ2v) is 6.70. The molecule has 124 valence electrons. The smallest absolute Gasteiger partial charge is 0.266 e. The van der Waals surface area contributed by atoms with Crippen molar-refractivity contribution in [2.45, 2.75) is 20.8 Å². The summed E-state index contributed by atoms with van der Waals surface area (Å²) in [6.45, 7) is 6.20. The number of ether oxygens (including phenoxy) is 1. The van der Waals surface area contributed by atoms with Crippen molar-refractivity contribution in [3.05, 3.63) is 45.6 Å². The van der Waals surface area contributed by atoms with Crippen LogP contribution in [0.4, 0.5) is 5.69 Å². The van der Waals surface area contributed by atoms with Crippen LogP contribution in [0.15, 0.2) is 24.5 Å². The van der Waals surface area contributed by atoms with Gasteiger partial charge in [0.2, 0.25) is 5.88 Å². The molecule has 2 heterocycles. The van der Waals surface area contributed by atoms with Gasteiger partial charge in [-0.05, 0) is 44.0 Å². The highest BCUT2D eigenvalue weighted by molar-refractivity contribution is 7.20. The fraction of sp³-hybridized carbons (Fsp3) is 0.235. The van der Waals surface area contributed by atoms with Gasteiger partial charge in [0.25, 0.3) is 5.91 Å². The largest absolute Gasteiger partial charge is 0.477 e. The first kappa shape index (κ1) is 16.7. The van der Waals surface area contributed by atoms with E-state index in [0.717, 1.165) is 21.3 Å². The average Bonchev–Trinajstić information content (AvgIpc) is 2.89. The lowest BCUT2D eigenvalue weighted by Crippen LogP contribution is -2.12. The Labute approximate surface area is 148 Å². The van der Waals surface area contributed by atoms with Crippen LogP contribution in [0.5, 0.6) is 5.88 Å². The molecular weight excluding hydrogens is 346 g/mol. The van der Waals surface area contributed by atoms with Gasteiger partial charge in [0.1, 0.15) is 11.2 Å². The number of carbonyl (C=O) groups excluding carboxylic acids is 1.